The lowest BCUT2D eigenvalue weighted by atomic mass is 10.2. The summed E-state index contributed by atoms with van der Waals surface area (Å²) in [5, 5.41) is 0.261. The number of aromatic nitrogens is 1. The molecule has 1 aromatic rings. The number of pyridine rings is 1. The first-order chi connectivity index (χ1) is 7.22. The van der Waals surface area contributed by atoms with Gasteiger partial charge in [0.1, 0.15) is 4.60 Å². The second-order valence-corrected chi connectivity index (χ2v) is 11.2. The topological polar surface area (TPSA) is 22.1 Å². The van der Waals surface area contributed by atoms with E-state index in [1.54, 1.807) is 6.20 Å². The van der Waals surface area contributed by atoms with Gasteiger partial charge in [0.05, 0.1) is 6.61 Å². The molecule has 0 aliphatic heterocycles. The van der Waals surface area contributed by atoms with Crippen molar-refractivity contribution in [3.05, 3.63) is 28.5 Å². The summed E-state index contributed by atoms with van der Waals surface area (Å²) in [6.07, 6.45) is 1.80. The van der Waals surface area contributed by atoms with Crippen LogP contribution in [0.4, 0.5) is 0 Å². The first-order valence-electron chi connectivity index (χ1n) is 5.47. The Labute approximate surface area is 108 Å². The average Bonchev–Trinajstić information content (AvgIpc) is 2.13. The van der Waals surface area contributed by atoms with E-state index >= 15 is 0 Å². The summed E-state index contributed by atoms with van der Waals surface area (Å²) in [6.45, 7) is 12.0. The molecule has 0 saturated heterocycles. The Morgan fingerprint density at radius 3 is 2.50 bits per heavy atom. The van der Waals surface area contributed by atoms with Crippen LogP contribution in [0.25, 0.3) is 0 Å². The summed E-state index contributed by atoms with van der Waals surface area (Å²) in [7, 11) is -1.64. The molecule has 0 bridgehead atoms. The molecule has 0 spiro atoms. The summed E-state index contributed by atoms with van der Waals surface area (Å²) < 4.78 is 6.99. The van der Waals surface area contributed by atoms with Gasteiger partial charge in [0.25, 0.3) is 0 Å². The van der Waals surface area contributed by atoms with Crippen molar-refractivity contribution in [1.82, 2.24) is 4.98 Å². The second-order valence-electron chi connectivity index (χ2n) is 5.54. The zero-order valence-electron chi connectivity index (χ0n) is 10.7. The van der Waals surface area contributed by atoms with Crippen LogP contribution in [0.2, 0.25) is 18.1 Å². The van der Waals surface area contributed by atoms with E-state index in [1.807, 2.05) is 12.1 Å². The van der Waals surface area contributed by atoms with Gasteiger partial charge in [-0.15, -0.1) is 0 Å². The third-order valence-electron chi connectivity index (χ3n) is 3.20. The van der Waals surface area contributed by atoms with E-state index in [1.165, 1.54) is 5.56 Å². The summed E-state index contributed by atoms with van der Waals surface area (Å²) >= 11 is 3.37. The molecule has 0 aliphatic rings. The predicted molar refractivity (Wildman–Crippen MR) is 73.9 cm³/mol. The molecule has 0 amide bonds. The van der Waals surface area contributed by atoms with Crippen molar-refractivity contribution >= 4 is 24.2 Å². The molecular weight excluding hydrogens is 282 g/mol. The number of nitrogens with zero attached hydrogens (tertiary/aromatic N) is 1. The first-order valence-corrected chi connectivity index (χ1v) is 9.17. The predicted octanol–water partition coefficient (Wildman–Crippen LogP) is 4.37. The summed E-state index contributed by atoms with van der Waals surface area (Å²) in [4.78, 5) is 4.11. The Morgan fingerprint density at radius 2 is 2.00 bits per heavy atom. The van der Waals surface area contributed by atoms with Crippen LogP contribution in [0.15, 0.2) is 22.9 Å². The van der Waals surface area contributed by atoms with Crippen molar-refractivity contribution in [1.29, 1.82) is 0 Å². The standard InChI is InChI=1S/C12H20BrNOSi/c1-12(2,3)16(4,5)15-9-10-6-7-14-11(13)8-10/h6-8H,9H2,1-5H3. The van der Waals surface area contributed by atoms with Crippen LogP contribution in [0.1, 0.15) is 26.3 Å². The maximum absolute atomic E-state index is 6.13. The van der Waals surface area contributed by atoms with E-state index in [9.17, 15) is 0 Å². The van der Waals surface area contributed by atoms with Crippen LogP contribution >= 0.6 is 15.9 Å². The summed E-state index contributed by atoms with van der Waals surface area (Å²) in [6, 6.07) is 4.00. The highest BCUT2D eigenvalue weighted by molar-refractivity contribution is 9.10. The van der Waals surface area contributed by atoms with Gasteiger partial charge >= 0.3 is 0 Å². The van der Waals surface area contributed by atoms with Crippen LogP contribution in [-0.4, -0.2) is 13.3 Å². The Kier molecular flexibility index (Phi) is 4.32. The van der Waals surface area contributed by atoms with Gasteiger partial charge in [-0.05, 0) is 51.8 Å². The van der Waals surface area contributed by atoms with Gasteiger partial charge in [-0.25, -0.2) is 4.98 Å². The van der Waals surface area contributed by atoms with E-state index in [0.29, 0.717) is 6.61 Å². The average molecular weight is 302 g/mol. The molecule has 0 radical (unpaired) electrons. The molecule has 0 unspecified atom stereocenters. The van der Waals surface area contributed by atoms with Crippen LogP contribution in [0.3, 0.4) is 0 Å². The van der Waals surface area contributed by atoms with Crippen LogP contribution in [-0.2, 0) is 11.0 Å². The minimum absolute atomic E-state index is 0.261. The van der Waals surface area contributed by atoms with Gasteiger partial charge < -0.3 is 4.43 Å². The highest BCUT2D eigenvalue weighted by Crippen LogP contribution is 2.37. The molecule has 0 N–H and O–H groups in total. The monoisotopic (exact) mass is 301 g/mol. The van der Waals surface area contributed by atoms with E-state index in [-0.39, 0.29) is 5.04 Å². The van der Waals surface area contributed by atoms with Gasteiger partial charge in [-0.3, -0.25) is 0 Å². The molecule has 0 fully saturated rings. The molecule has 2 nitrogen and oxygen atoms in total. The molecule has 1 aromatic heterocycles. The minimum atomic E-state index is -1.64. The fourth-order valence-corrected chi connectivity index (χ4v) is 2.39. The zero-order valence-corrected chi connectivity index (χ0v) is 13.3. The molecule has 0 aromatic carbocycles. The Bertz CT molecular complexity index is 360. The molecule has 0 saturated carbocycles. The highest BCUT2D eigenvalue weighted by Gasteiger charge is 2.36. The van der Waals surface area contributed by atoms with Gasteiger partial charge in [0.2, 0.25) is 0 Å². The van der Waals surface area contributed by atoms with Crippen LogP contribution in [0, 0.1) is 0 Å². The maximum atomic E-state index is 6.13. The van der Waals surface area contributed by atoms with Crippen molar-refractivity contribution in [3.8, 4) is 0 Å². The molecule has 1 rings (SSSR count). The van der Waals surface area contributed by atoms with Crippen LogP contribution in [0.5, 0.6) is 0 Å². The fourth-order valence-electron chi connectivity index (χ4n) is 1.01. The van der Waals surface area contributed by atoms with E-state index < -0.39 is 8.32 Å². The molecule has 4 heteroatoms. The summed E-state index contributed by atoms with van der Waals surface area (Å²) in [5.41, 5.74) is 1.17. The lowest BCUT2D eigenvalue weighted by molar-refractivity contribution is 0.276. The van der Waals surface area contributed by atoms with Crippen LogP contribution < -0.4 is 0 Å². The quantitative estimate of drug-likeness (QED) is 0.611. The van der Waals surface area contributed by atoms with Gasteiger partial charge in [0.15, 0.2) is 8.32 Å². The van der Waals surface area contributed by atoms with Gasteiger partial charge in [0, 0.05) is 6.20 Å². The SMILES string of the molecule is CC(C)(C)[Si](C)(C)OCc1ccnc(Br)c1. The number of hydrogen-bond donors (Lipinski definition) is 0. The van der Waals surface area contributed by atoms with Crippen molar-refractivity contribution in [2.24, 2.45) is 0 Å². The number of halogens is 1. The van der Waals surface area contributed by atoms with E-state index in [2.05, 4.69) is 54.8 Å². The summed E-state index contributed by atoms with van der Waals surface area (Å²) in [5.74, 6) is 0. The van der Waals surface area contributed by atoms with E-state index in [4.69, 9.17) is 4.43 Å². The normalized spacial score (nSPS) is 12.9. The maximum Gasteiger partial charge on any atom is 0.192 e. The van der Waals surface area contributed by atoms with Crippen molar-refractivity contribution in [2.75, 3.05) is 0 Å². The molecule has 90 valence electrons. The molecule has 0 aliphatic carbocycles. The number of rotatable bonds is 3. The lowest BCUT2D eigenvalue weighted by Crippen LogP contribution is -2.40. The fraction of sp³-hybridized carbons (Fsp3) is 0.583. The molecule has 16 heavy (non-hydrogen) atoms. The molecule has 0 atom stereocenters. The molecule has 1 heterocycles. The number of hydrogen-bond acceptors (Lipinski definition) is 2. The zero-order chi connectivity index (χ0) is 12.4. The first kappa shape index (κ1) is 13.9. The smallest absolute Gasteiger partial charge is 0.192 e. The Morgan fingerprint density at radius 1 is 1.38 bits per heavy atom. The lowest BCUT2D eigenvalue weighted by Gasteiger charge is -2.36. The third-order valence-corrected chi connectivity index (χ3v) is 8.11. The van der Waals surface area contributed by atoms with Crippen molar-refractivity contribution < 1.29 is 4.43 Å². The van der Waals surface area contributed by atoms with Crippen molar-refractivity contribution in [3.63, 3.8) is 0 Å². The Balaban J connectivity index is 2.65. The minimum Gasteiger partial charge on any atom is -0.413 e. The van der Waals surface area contributed by atoms with Gasteiger partial charge in [-0.1, -0.05) is 20.8 Å². The van der Waals surface area contributed by atoms with Crippen molar-refractivity contribution in [2.45, 2.75) is 45.5 Å². The highest BCUT2D eigenvalue weighted by atomic mass is 79.9. The third kappa shape index (κ3) is 3.68. The second kappa shape index (κ2) is 4.98. The van der Waals surface area contributed by atoms with E-state index in [0.717, 1.165) is 4.60 Å². The van der Waals surface area contributed by atoms with Gasteiger partial charge in [-0.2, -0.15) is 0 Å². The largest absolute Gasteiger partial charge is 0.413 e. The molecular formula is C12H20BrNOSi. The Hall–Kier alpha value is -0.193.